The van der Waals surface area contributed by atoms with Crippen LogP contribution < -0.4 is 5.32 Å². The molecule has 0 atom stereocenters. The first-order valence-corrected chi connectivity index (χ1v) is 5.47. The third kappa shape index (κ3) is 8.15. The summed E-state index contributed by atoms with van der Waals surface area (Å²) in [5.74, 6) is -0.0685. The van der Waals surface area contributed by atoms with E-state index < -0.39 is 5.97 Å². The molecule has 4 nitrogen and oxygen atoms in total. The third-order valence-corrected chi connectivity index (χ3v) is 2.22. The number of carbonyl (C=O) groups is 1. The van der Waals surface area contributed by atoms with Crippen LogP contribution in [0.15, 0.2) is 12.2 Å². The minimum absolute atomic E-state index is 0.606. The first-order chi connectivity index (χ1) is 7.29. The van der Waals surface area contributed by atoms with E-state index in [1.54, 1.807) is 6.08 Å². The van der Waals surface area contributed by atoms with Crippen LogP contribution in [-0.4, -0.2) is 37.4 Å². The molecule has 15 heavy (non-hydrogen) atoms. The van der Waals surface area contributed by atoms with Gasteiger partial charge in [-0.15, -0.1) is 0 Å². The maximum Gasteiger partial charge on any atom is 0.328 e. The molecule has 86 valence electrons. The van der Waals surface area contributed by atoms with E-state index in [4.69, 9.17) is 9.84 Å². The van der Waals surface area contributed by atoms with Crippen LogP contribution in [0.3, 0.4) is 0 Å². The highest BCUT2D eigenvalue weighted by Crippen LogP contribution is 2.28. The molecular formula is C11H19NO3. The van der Waals surface area contributed by atoms with E-state index in [1.165, 1.54) is 12.8 Å². The van der Waals surface area contributed by atoms with Crippen LogP contribution >= 0.6 is 0 Å². The second-order valence-corrected chi connectivity index (χ2v) is 3.82. The van der Waals surface area contributed by atoms with Crippen LogP contribution in [0, 0.1) is 5.92 Å². The normalized spacial score (nSPS) is 16.0. The summed E-state index contributed by atoms with van der Waals surface area (Å²) in [6, 6.07) is 0. The smallest absolute Gasteiger partial charge is 0.328 e. The molecule has 1 aliphatic carbocycles. The van der Waals surface area contributed by atoms with Crippen LogP contribution in [0.4, 0.5) is 0 Å². The first-order valence-electron chi connectivity index (χ1n) is 5.47. The minimum Gasteiger partial charge on any atom is -0.478 e. The highest BCUT2D eigenvalue weighted by Gasteiger charge is 2.20. The second kappa shape index (κ2) is 7.43. The summed E-state index contributed by atoms with van der Waals surface area (Å²) in [7, 11) is 0. The maximum absolute atomic E-state index is 10.1. The molecule has 0 saturated heterocycles. The molecule has 0 aliphatic heterocycles. The van der Waals surface area contributed by atoms with Crippen molar-refractivity contribution in [1.29, 1.82) is 0 Å². The van der Waals surface area contributed by atoms with Gasteiger partial charge in [0.05, 0.1) is 0 Å². The van der Waals surface area contributed by atoms with E-state index >= 15 is 0 Å². The summed E-state index contributed by atoms with van der Waals surface area (Å²) in [6.45, 7) is 3.19. The summed E-state index contributed by atoms with van der Waals surface area (Å²) < 4.78 is 5.45. The molecule has 1 fully saturated rings. The van der Waals surface area contributed by atoms with Gasteiger partial charge < -0.3 is 15.2 Å². The monoisotopic (exact) mass is 213 g/mol. The molecule has 0 aromatic carbocycles. The largest absolute Gasteiger partial charge is 0.478 e. The van der Waals surface area contributed by atoms with Crippen molar-refractivity contribution >= 4 is 5.97 Å². The summed E-state index contributed by atoms with van der Waals surface area (Å²) in [5.41, 5.74) is 0. The van der Waals surface area contributed by atoms with Crippen molar-refractivity contribution in [2.75, 3.05) is 26.3 Å². The minimum atomic E-state index is -0.899. The predicted octanol–water partition coefficient (Wildman–Crippen LogP) is 1.03. The summed E-state index contributed by atoms with van der Waals surface area (Å²) in [6.07, 6.45) is 6.40. The Labute approximate surface area is 90.3 Å². The van der Waals surface area contributed by atoms with Gasteiger partial charge in [0.1, 0.15) is 0 Å². The Hall–Kier alpha value is -0.870. The average molecular weight is 213 g/mol. The van der Waals surface area contributed by atoms with Gasteiger partial charge in [0.2, 0.25) is 0 Å². The molecule has 1 saturated carbocycles. The van der Waals surface area contributed by atoms with Crippen molar-refractivity contribution in [3.63, 3.8) is 0 Å². The Morgan fingerprint density at radius 3 is 3.00 bits per heavy atom. The first kappa shape index (κ1) is 12.2. The highest BCUT2D eigenvalue weighted by molar-refractivity contribution is 5.79. The van der Waals surface area contributed by atoms with Gasteiger partial charge in [-0.25, -0.2) is 4.79 Å². The maximum atomic E-state index is 10.1. The van der Waals surface area contributed by atoms with Gasteiger partial charge in [-0.1, -0.05) is 6.08 Å². The Morgan fingerprint density at radius 2 is 2.33 bits per heavy atom. The van der Waals surface area contributed by atoms with Gasteiger partial charge in [-0.3, -0.25) is 0 Å². The van der Waals surface area contributed by atoms with Crippen LogP contribution in [0.1, 0.15) is 19.3 Å². The van der Waals surface area contributed by atoms with Crippen LogP contribution in [-0.2, 0) is 9.53 Å². The average Bonchev–Trinajstić information content (AvgIpc) is 2.98. The molecule has 0 bridgehead atoms. The number of hydrogen-bond acceptors (Lipinski definition) is 3. The van der Waals surface area contributed by atoms with Gasteiger partial charge in [-0.05, 0) is 31.7 Å². The topological polar surface area (TPSA) is 58.6 Å². The molecule has 1 aliphatic rings. The zero-order chi connectivity index (χ0) is 10.9. The van der Waals surface area contributed by atoms with Crippen molar-refractivity contribution in [3.8, 4) is 0 Å². The SMILES string of the molecule is O=C(O)/C=C/CNCCCOCC1CC1. The fourth-order valence-corrected chi connectivity index (χ4v) is 1.18. The fraction of sp³-hybridized carbons (Fsp3) is 0.727. The zero-order valence-electron chi connectivity index (χ0n) is 8.95. The molecule has 0 spiro atoms. The molecule has 0 radical (unpaired) electrons. The van der Waals surface area contributed by atoms with E-state index in [0.717, 1.165) is 38.2 Å². The van der Waals surface area contributed by atoms with E-state index in [-0.39, 0.29) is 0 Å². The number of ether oxygens (including phenoxy) is 1. The second-order valence-electron chi connectivity index (χ2n) is 3.82. The summed E-state index contributed by atoms with van der Waals surface area (Å²) in [4.78, 5) is 10.1. The van der Waals surface area contributed by atoms with E-state index in [9.17, 15) is 4.79 Å². The number of carboxylic acid groups (broad SMARTS) is 1. The molecule has 0 amide bonds. The fourth-order valence-electron chi connectivity index (χ4n) is 1.18. The van der Waals surface area contributed by atoms with Gasteiger partial charge in [0.25, 0.3) is 0 Å². The highest BCUT2D eigenvalue weighted by atomic mass is 16.5. The van der Waals surface area contributed by atoms with Crippen molar-refractivity contribution in [2.45, 2.75) is 19.3 Å². The number of nitrogens with one attached hydrogen (secondary N) is 1. The Balaban J connectivity index is 1.74. The van der Waals surface area contributed by atoms with Crippen LogP contribution in [0.2, 0.25) is 0 Å². The lowest BCUT2D eigenvalue weighted by molar-refractivity contribution is -0.131. The Morgan fingerprint density at radius 1 is 1.53 bits per heavy atom. The molecule has 0 heterocycles. The molecule has 0 aromatic heterocycles. The molecule has 0 aromatic rings. The third-order valence-electron chi connectivity index (χ3n) is 2.22. The zero-order valence-corrected chi connectivity index (χ0v) is 8.95. The van der Waals surface area contributed by atoms with E-state index in [0.29, 0.717) is 6.54 Å². The number of aliphatic carboxylic acids is 1. The Bertz CT molecular complexity index is 212. The molecular weight excluding hydrogens is 194 g/mol. The predicted molar refractivity (Wildman–Crippen MR) is 57.8 cm³/mol. The van der Waals surface area contributed by atoms with Gasteiger partial charge in [0, 0.05) is 25.8 Å². The number of hydrogen-bond donors (Lipinski definition) is 2. The summed E-state index contributed by atoms with van der Waals surface area (Å²) in [5, 5.41) is 11.4. The number of carboxylic acids is 1. The molecule has 1 rings (SSSR count). The quantitative estimate of drug-likeness (QED) is 0.444. The summed E-state index contributed by atoms with van der Waals surface area (Å²) >= 11 is 0. The van der Waals surface area contributed by atoms with Gasteiger partial charge in [-0.2, -0.15) is 0 Å². The Kier molecular flexibility index (Phi) is 6.04. The van der Waals surface area contributed by atoms with Crippen LogP contribution in [0.25, 0.3) is 0 Å². The van der Waals surface area contributed by atoms with Crippen molar-refractivity contribution < 1.29 is 14.6 Å². The van der Waals surface area contributed by atoms with E-state index in [2.05, 4.69) is 5.32 Å². The van der Waals surface area contributed by atoms with Crippen LogP contribution in [0.5, 0.6) is 0 Å². The van der Waals surface area contributed by atoms with Crippen molar-refractivity contribution in [3.05, 3.63) is 12.2 Å². The molecule has 0 unspecified atom stereocenters. The van der Waals surface area contributed by atoms with Crippen molar-refractivity contribution in [2.24, 2.45) is 5.92 Å². The van der Waals surface area contributed by atoms with Gasteiger partial charge in [0.15, 0.2) is 0 Å². The van der Waals surface area contributed by atoms with Crippen molar-refractivity contribution in [1.82, 2.24) is 5.32 Å². The van der Waals surface area contributed by atoms with Gasteiger partial charge >= 0.3 is 5.97 Å². The lowest BCUT2D eigenvalue weighted by Crippen LogP contribution is -2.17. The molecule has 4 heteroatoms. The standard InChI is InChI=1S/C11H19NO3/c13-11(14)3-1-6-12-7-2-8-15-9-10-4-5-10/h1,3,10,12H,2,4-9H2,(H,13,14)/b3-1+. The number of rotatable bonds is 9. The van der Waals surface area contributed by atoms with E-state index in [1.807, 2.05) is 0 Å². The molecule has 2 N–H and O–H groups in total. The lowest BCUT2D eigenvalue weighted by atomic mass is 10.4. The lowest BCUT2D eigenvalue weighted by Gasteiger charge is -2.03.